The van der Waals surface area contributed by atoms with Crippen LogP contribution in [-0.4, -0.2) is 107 Å². The Hall–Kier alpha value is -7.94. The summed E-state index contributed by atoms with van der Waals surface area (Å²) >= 11 is 1.46. The van der Waals surface area contributed by atoms with Crippen molar-refractivity contribution in [3.63, 3.8) is 0 Å². The fourth-order valence-electron chi connectivity index (χ4n) is 9.57. The standard InChI is InChI=1S/C65H77N3O16S/c1-4-59(69)79-39-14-8-6-12-37-77-51-26-30-53(31-27-51)81-61(71)46-18-20-48(21-19-46)63(73)83-55-34-35-57(50(44-55)45-66-68(36-41-76-43-42-75-3)65-67-56-16-10-11-17-58(56)85-65)84-64(74)49-24-22-47(23-25-49)62(72)82-54-32-28-52(29-33-54)78-38-13-7-9-15-40-80-60(70)5-2/h4-5,10-11,16-17,26-35,44-49H,1-2,6-9,12-15,18-25,36-43H2,3H3/b66-45+. The Morgan fingerprint density at radius 1 is 0.529 bits per heavy atom. The van der Waals surface area contributed by atoms with Crippen molar-refractivity contribution < 1.29 is 76.1 Å². The largest absolute Gasteiger partial charge is 0.494 e. The molecule has 0 unspecified atom stereocenters. The highest BCUT2D eigenvalue weighted by Gasteiger charge is 2.34. The van der Waals surface area contributed by atoms with Crippen molar-refractivity contribution >= 4 is 68.7 Å². The van der Waals surface area contributed by atoms with Gasteiger partial charge in [0, 0.05) is 24.8 Å². The number of hydrogen-bond acceptors (Lipinski definition) is 20. The van der Waals surface area contributed by atoms with E-state index in [1.165, 1.54) is 11.3 Å². The molecule has 0 N–H and O–H groups in total. The van der Waals surface area contributed by atoms with Gasteiger partial charge in [0.05, 0.1) is 92.9 Å². The average Bonchev–Trinajstić information content (AvgIpc) is 4.18. The molecule has 0 spiro atoms. The number of unbranched alkanes of at least 4 members (excludes halogenated alkanes) is 6. The van der Waals surface area contributed by atoms with E-state index in [1.54, 1.807) is 85.1 Å². The molecule has 0 aliphatic heterocycles. The fraction of sp³-hybridized carbons (Fsp3) is 0.446. The lowest BCUT2D eigenvalue weighted by molar-refractivity contribution is -0.145. The molecule has 5 aromatic rings. The minimum Gasteiger partial charge on any atom is -0.494 e. The number of carbonyl (C=O) groups is 6. The highest BCUT2D eigenvalue weighted by Crippen LogP contribution is 2.36. The van der Waals surface area contributed by atoms with Crippen LogP contribution < -0.4 is 33.4 Å². The fourth-order valence-corrected chi connectivity index (χ4v) is 10.5. The molecule has 2 saturated carbocycles. The van der Waals surface area contributed by atoms with Gasteiger partial charge in [-0.3, -0.25) is 19.2 Å². The second-order valence-electron chi connectivity index (χ2n) is 20.6. The average molecular weight is 1190 g/mol. The van der Waals surface area contributed by atoms with E-state index >= 15 is 0 Å². The molecule has 0 atom stereocenters. The van der Waals surface area contributed by atoms with Gasteiger partial charge < -0.3 is 47.4 Å². The van der Waals surface area contributed by atoms with Crippen molar-refractivity contribution in [2.45, 2.75) is 103 Å². The Morgan fingerprint density at radius 2 is 0.976 bits per heavy atom. The Labute approximate surface area is 500 Å². The molecule has 20 heteroatoms. The van der Waals surface area contributed by atoms with Crippen LogP contribution in [0, 0.1) is 23.7 Å². The number of aromatic nitrogens is 1. The van der Waals surface area contributed by atoms with Crippen LogP contribution >= 0.6 is 11.3 Å². The van der Waals surface area contributed by atoms with Gasteiger partial charge in [-0.05, 0) is 182 Å². The van der Waals surface area contributed by atoms with E-state index < -0.39 is 47.5 Å². The molecule has 0 radical (unpaired) electrons. The third-order valence-electron chi connectivity index (χ3n) is 14.4. The van der Waals surface area contributed by atoms with E-state index in [0.717, 1.165) is 73.7 Å². The summed E-state index contributed by atoms with van der Waals surface area (Å²) < 4.78 is 57.2. The smallest absolute Gasteiger partial charge is 0.330 e. The van der Waals surface area contributed by atoms with E-state index in [-0.39, 0.29) is 23.4 Å². The highest BCUT2D eigenvalue weighted by atomic mass is 32.1. The van der Waals surface area contributed by atoms with Gasteiger partial charge in [-0.15, -0.1) is 0 Å². The molecule has 2 aliphatic rings. The number of ether oxygens (including phenoxy) is 10. The molecule has 7 rings (SSSR count). The maximum absolute atomic E-state index is 14.0. The number of methoxy groups -OCH3 is 1. The molecule has 85 heavy (non-hydrogen) atoms. The lowest BCUT2D eigenvalue weighted by atomic mass is 9.82. The Balaban J connectivity index is 0.916. The van der Waals surface area contributed by atoms with Crippen LogP contribution in [-0.2, 0) is 47.7 Å². The summed E-state index contributed by atoms with van der Waals surface area (Å²) in [5.41, 5.74) is 1.17. The maximum atomic E-state index is 14.0. The van der Waals surface area contributed by atoms with Gasteiger partial charge >= 0.3 is 35.8 Å². The lowest BCUT2D eigenvalue weighted by Crippen LogP contribution is -2.30. The number of hydrazone groups is 1. The zero-order valence-corrected chi connectivity index (χ0v) is 49.2. The van der Waals surface area contributed by atoms with Crippen molar-refractivity contribution in [3.8, 4) is 34.5 Å². The van der Waals surface area contributed by atoms with Crippen LogP contribution in [0.15, 0.2) is 121 Å². The van der Waals surface area contributed by atoms with Crippen molar-refractivity contribution in [1.29, 1.82) is 0 Å². The van der Waals surface area contributed by atoms with Gasteiger partial charge in [0.25, 0.3) is 0 Å². The van der Waals surface area contributed by atoms with Crippen LogP contribution in [0.3, 0.4) is 0 Å². The van der Waals surface area contributed by atoms with Crippen LogP contribution in [0.5, 0.6) is 34.5 Å². The number of thiazole rings is 1. The molecule has 19 nitrogen and oxygen atoms in total. The summed E-state index contributed by atoms with van der Waals surface area (Å²) in [4.78, 5) is 81.4. The second-order valence-corrected chi connectivity index (χ2v) is 21.6. The first-order valence-corrected chi connectivity index (χ1v) is 30.1. The number of fused-ring (bicyclic) bond motifs is 1. The first-order valence-electron chi connectivity index (χ1n) is 29.3. The Kier molecular flexibility index (Phi) is 26.9. The number of carbonyl (C=O) groups excluding carboxylic acids is 6. The molecule has 2 fully saturated rings. The summed E-state index contributed by atoms with van der Waals surface area (Å²) in [5, 5.41) is 7.16. The van der Waals surface area contributed by atoms with Gasteiger partial charge in [0.15, 0.2) is 0 Å². The molecule has 0 bridgehead atoms. The number of anilines is 1. The van der Waals surface area contributed by atoms with Crippen LogP contribution in [0.2, 0.25) is 0 Å². The zero-order chi connectivity index (χ0) is 60.0. The predicted molar refractivity (Wildman–Crippen MR) is 320 cm³/mol. The van der Waals surface area contributed by atoms with Crippen molar-refractivity contribution in [2.24, 2.45) is 28.8 Å². The van der Waals surface area contributed by atoms with E-state index in [9.17, 15) is 28.8 Å². The maximum Gasteiger partial charge on any atom is 0.330 e. The second kappa shape index (κ2) is 35.4. The van der Waals surface area contributed by atoms with Crippen molar-refractivity contribution in [1.82, 2.24) is 4.98 Å². The number of benzene rings is 4. The van der Waals surface area contributed by atoms with Crippen LogP contribution in [0.4, 0.5) is 5.13 Å². The van der Waals surface area contributed by atoms with E-state index in [4.69, 9.17) is 57.5 Å². The summed E-state index contributed by atoms with van der Waals surface area (Å²) in [6.07, 6.45) is 14.1. The van der Waals surface area contributed by atoms with Crippen molar-refractivity contribution in [3.05, 3.63) is 122 Å². The van der Waals surface area contributed by atoms with Crippen molar-refractivity contribution in [2.75, 3.05) is 64.9 Å². The minimum absolute atomic E-state index is 0.196. The third-order valence-corrected chi connectivity index (χ3v) is 15.5. The van der Waals surface area contributed by atoms with Gasteiger partial charge in [0.1, 0.15) is 34.5 Å². The number of rotatable bonds is 35. The quantitative estimate of drug-likeness (QED) is 0.00918. The third kappa shape index (κ3) is 21.9. The summed E-state index contributed by atoms with van der Waals surface area (Å²) in [7, 11) is 1.60. The molecule has 1 heterocycles. The molecule has 0 amide bonds. The molecule has 4 aromatic carbocycles. The lowest BCUT2D eigenvalue weighted by Gasteiger charge is -2.26. The Bertz CT molecular complexity index is 2950. The minimum atomic E-state index is -0.490. The normalized spacial score (nSPS) is 16.6. The van der Waals surface area contributed by atoms with Gasteiger partial charge in [-0.1, -0.05) is 36.6 Å². The summed E-state index contributed by atoms with van der Waals surface area (Å²) in [6.45, 7) is 10.0. The van der Waals surface area contributed by atoms with Crippen LogP contribution in [0.1, 0.15) is 108 Å². The number of hydrogen-bond donors (Lipinski definition) is 0. The van der Waals surface area contributed by atoms with E-state index in [2.05, 4.69) is 13.2 Å². The zero-order valence-electron chi connectivity index (χ0n) is 48.4. The van der Waals surface area contributed by atoms with E-state index in [1.807, 2.05) is 24.3 Å². The molecule has 2 aliphatic carbocycles. The number of para-hydroxylation sites is 1. The topological polar surface area (TPSA) is 223 Å². The predicted octanol–water partition coefficient (Wildman–Crippen LogP) is 11.8. The number of esters is 6. The molecule has 1 aromatic heterocycles. The van der Waals surface area contributed by atoms with Gasteiger partial charge in [-0.2, -0.15) is 5.10 Å². The summed E-state index contributed by atoms with van der Waals surface area (Å²) in [5.74, 6) is -1.70. The molecule has 0 saturated heterocycles. The van der Waals surface area contributed by atoms with Gasteiger partial charge in [0.2, 0.25) is 5.13 Å². The first kappa shape index (κ1) is 64.6. The summed E-state index contributed by atoms with van der Waals surface area (Å²) in [6, 6.07) is 26.3. The Morgan fingerprint density at radius 3 is 1.46 bits per heavy atom. The molecular formula is C65H77N3O16S. The van der Waals surface area contributed by atoms with Gasteiger partial charge in [-0.25, -0.2) is 19.6 Å². The van der Waals surface area contributed by atoms with Crippen LogP contribution in [0.25, 0.3) is 10.2 Å². The number of nitrogens with zero attached hydrogens (tertiary/aromatic N) is 3. The monoisotopic (exact) mass is 1190 g/mol. The molecule has 454 valence electrons. The first-order chi connectivity index (χ1) is 41.5. The van der Waals surface area contributed by atoms with E-state index in [0.29, 0.717) is 138 Å². The molecular weight excluding hydrogens is 1110 g/mol. The highest BCUT2D eigenvalue weighted by molar-refractivity contribution is 7.22. The SMILES string of the molecule is C=CC(=O)OCCCCCCOc1ccc(OC(=O)C2CCC(C(=O)Oc3ccc(OC(=O)C4CCC(C(=O)Oc5ccc(OCCCCCCOC(=O)C=C)cc5)CC4)c(/C=N/N(CCOCCOC)c4nc5ccccc5s4)c3)CC2)cc1.